The highest BCUT2D eigenvalue weighted by atomic mass is 19.1. The minimum atomic E-state index is -0.779. The molecule has 0 radical (unpaired) electrons. The van der Waals surface area contributed by atoms with E-state index in [9.17, 15) is 9.18 Å². The summed E-state index contributed by atoms with van der Waals surface area (Å²) in [7, 11) is 0. The standard InChI is InChI=1S/C27H30F2N6O/c1-15(2)34-25(36)19-14-31-26(32-18-7-6-16-10-11-30-13-17(16)12-18)33-24(19)35(34)21-9-8-20(28)22(23(21)29)27(3,4)5/h6-9,12,14-15,30H,10-11,13H2,1-5H3,(H,31,32,33). The smallest absolute Gasteiger partial charge is 0.278 e. The molecule has 9 heteroatoms. The Labute approximate surface area is 208 Å². The van der Waals surface area contributed by atoms with Crippen LogP contribution in [-0.2, 0) is 18.4 Å². The van der Waals surface area contributed by atoms with E-state index in [4.69, 9.17) is 0 Å². The Morgan fingerprint density at radius 1 is 1.11 bits per heavy atom. The second-order valence-electron chi connectivity index (χ2n) is 10.5. The number of nitrogens with zero attached hydrogens (tertiary/aromatic N) is 4. The van der Waals surface area contributed by atoms with Crippen molar-refractivity contribution in [1.29, 1.82) is 0 Å². The Hall–Kier alpha value is -3.59. The van der Waals surface area contributed by atoms with Crippen LogP contribution in [0.25, 0.3) is 16.7 Å². The first-order chi connectivity index (χ1) is 17.1. The first-order valence-corrected chi connectivity index (χ1v) is 12.1. The number of rotatable bonds is 4. The van der Waals surface area contributed by atoms with Crippen LogP contribution in [-0.4, -0.2) is 25.9 Å². The van der Waals surface area contributed by atoms with Crippen LogP contribution in [0.2, 0.25) is 0 Å². The molecule has 0 bridgehead atoms. The zero-order valence-corrected chi connectivity index (χ0v) is 21.1. The van der Waals surface area contributed by atoms with E-state index in [2.05, 4.69) is 32.7 Å². The second kappa shape index (κ2) is 8.81. The summed E-state index contributed by atoms with van der Waals surface area (Å²) in [6.07, 6.45) is 2.43. The average Bonchev–Trinajstić information content (AvgIpc) is 3.10. The molecule has 0 amide bonds. The van der Waals surface area contributed by atoms with Crippen LogP contribution in [0.5, 0.6) is 0 Å². The first kappa shape index (κ1) is 24.1. The molecular formula is C27H30F2N6O. The highest BCUT2D eigenvalue weighted by Crippen LogP contribution is 2.32. The number of anilines is 2. The lowest BCUT2D eigenvalue weighted by Crippen LogP contribution is -2.26. The van der Waals surface area contributed by atoms with E-state index in [0.717, 1.165) is 25.2 Å². The molecule has 0 saturated heterocycles. The lowest BCUT2D eigenvalue weighted by Gasteiger charge is -2.23. The van der Waals surface area contributed by atoms with Crippen molar-refractivity contribution < 1.29 is 8.78 Å². The van der Waals surface area contributed by atoms with Gasteiger partial charge in [0, 0.05) is 30.0 Å². The zero-order valence-electron chi connectivity index (χ0n) is 21.1. The fourth-order valence-electron chi connectivity index (χ4n) is 4.84. The third kappa shape index (κ3) is 4.07. The van der Waals surface area contributed by atoms with Crippen LogP contribution in [0.1, 0.15) is 57.4 Å². The van der Waals surface area contributed by atoms with E-state index in [1.54, 1.807) is 20.8 Å². The van der Waals surface area contributed by atoms with Crippen molar-refractivity contribution in [3.05, 3.63) is 75.2 Å². The van der Waals surface area contributed by atoms with Crippen molar-refractivity contribution in [3.63, 3.8) is 0 Å². The summed E-state index contributed by atoms with van der Waals surface area (Å²) in [6, 6.07) is 8.39. The van der Waals surface area contributed by atoms with Gasteiger partial charge in [0.05, 0.1) is 0 Å². The van der Waals surface area contributed by atoms with Gasteiger partial charge >= 0.3 is 0 Å². The molecule has 2 aromatic heterocycles. The minimum Gasteiger partial charge on any atom is -0.324 e. The molecule has 0 unspecified atom stereocenters. The number of hydrogen-bond donors (Lipinski definition) is 2. The summed E-state index contributed by atoms with van der Waals surface area (Å²) in [5.41, 5.74) is 2.48. The SMILES string of the molecule is CC(C)n1c(=O)c2cnc(Nc3ccc4c(c3)CNCC4)nc2n1-c1ccc(F)c(C(C)(C)C)c1F. The normalized spacial score (nSPS) is 13.9. The van der Waals surface area contributed by atoms with Gasteiger partial charge in [-0.1, -0.05) is 26.8 Å². The lowest BCUT2D eigenvalue weighted by molar-refractivity contribution is 0.446. The topological polar surface area (TPSA) is 76.8 Å². The van der Waals surface area contributed by atoms with Gasteiger partial charge < -0.3 is 10.6 Å². The number of aromatic nitrogens is 4. The molecule has 0 atom stereocenters. The third-order valence-corrected chi connectivity index (χ3v) is 6.51. The van der Waals surface area contributed by atoms with Gasteiger partial charge in [-0.15, -0.1) is 0 Å². The molecule has 2 N–H and O–H groups in total. The lowest BCUT2D eigenvalue weighted by atomic mass is 9.86. The summed E-state index contributed by atoms with van der Waals surface area (Å²) in [6.45, 7) is 10.7. The predicted molar refractivity (Wildman–Crippen MR) is 137 cm³/mol. The Bertz CT molecular complexity index is 1530. The van der Waals surface area contributed by atoms with E-state index in [-0.39, 0.29) is 39.8 Å². The molecule has 0 saturated carbocycles. The summed E-state index contributed by atoms with van der Waals surface area (Å²) < 4.78 is 33.4. The van der Waals surface area contributed by atoms with E-state index in [1.807, 2.05) is 19.9 Å². The summed E-state index contributed by atoms with van der Waals surface area (Å²) >= 11 is 0. The molecular weight excluding hydrogens is 462 g/mol. The van der Waals surface area contributed by atoms with Crippen molar-refractivity contribution in [3.8, 4) is 5.69 Å². The largest absolute Gasteiger partial charge is 0.324 e. The van der Waals surface area contributed by atoms with Gasteiger partial charge in [-0.2, -0.15) is 4.98 Å². The van der Waals surface area contributed by atoms with Crippen LogP contribution in [0.4, 0.5) is 20.4 Å². The molecule has 0 spiro atoms. The first-order valence-electron chi connectivity index (χ1n) is 12.1. The molecule has 2 aromatic carbocycles. The molecule has 1 aliphatic heterocycles. The van der Waals surface area contributed by atoms with E-state index in [0.29, 0.717) is 0 Å². The van der Waals surface area contributed by atoms with E-state index < -0.39 is 17.0 Å². The molecule has 4 aromatic rings. The number of halogens is 2. The molecule has 7 nitrogen and oxygen atoms in total. The number of benzene rings is 2. The summed E-state index contributed by atoms with van der Waals surface area (Å²) in [4.78, 5) is 22.3. The zero-order chi connectivity index (χ0) is 25.8. The summed E-state index contributed by atoms with van der Waals surface area (Å²) in [5, 5.41) is 6.83. The molecule has 1 aliphatic rings. The third-order valence-electron chi connectivity index (χ3n) is 6.51. The fraction of sp³-hybridized carbons (Fsp3) is 0.370. The van der Waals surface area contributed by atoms with Gasteiger partial charge in [-0.25, -0.2) is 23.1 Å². The van der Waals surface area contributed by atoms with Gasteiger partial charge in [0.15, 0.2) is 11.5 Å². The van der Waals surface area contributed by atoms with Crippen molar-refractivity contribution in [2.75, 3.05) is 11.9 Å². The van der Waals surface area contributed by atoms with Gasteiger partial charge in [0.25, 0.3) is 5.56 Å². The Morgan fingerprint density at radius 3 is 2.61 bits per heavy atom. The van der Waals surface area contributed by atoms with Crippen molar-refractivity contribution in [2.45, 2.75) is 59.0 Å². The minimum absolute atomic E-state index is 0.0420. The molecule has 188 valence electrons. The van der Waals surface area contributed by atoms with Gasteiger partial charge in [0.1, 0.15) is 16.9 Å². The van der Waals surface area contributed by atoms with Gasteiger partial charge in [0.2, 0.25) is 5.95 Å². The van der Waals surface area contributed by atoms with E-state index in [1.165, 1.54) is 38.8 Å². The quantitative estimate of drug-likeness (QED) is 0.413. The fourth-order valence-corrected chi connectivity index (χ4v) is 4.84. The van der Waals surface area contributed by atoms with Crippen molar-refractivity contribution in [2.24, 2.45) is 0 Å². The average molecular weight is 493 g/mol. The second-order valence-corrected chi connectivity index (χ2v) is 10.5. The Morgan fingerprint density at radius 2 is 1.89 bits per heavy atom. The van der Waals surface area contributed by atoms with Crippen LogP contribution >= 0.6 is 0 Å². The predicted octanol–water partition coefficient (Wildman–Crippen LogP) is 5.13. The van der Waals surface area contributed by atoms with Crippen LogP contribution in [0.15, 0.2) is 41.3 Å². The molecule has 3 heterocycles. The number of fused-ring (bicyclic) bond motifs is 2. The van der Waals surface area contributed by atoms with Gasteiger partial charge in [-0.05, 0) is 67.6 Å². The van der Waals surface area contributed by atoms with Crippen molar-refractivity contribution in [1.82, 2.24) is 24.6 Å². The highest BCUT2D eigenvalue weighted by molar-refractivity contribution is 5.77. The van der Waals surface area contributed by atoms with E-state index >= 15 is 4.39 Å². The molecule has 0 aliphatic carbocycles. The molecule has 0 fully saturated rings. The highest BCUT2D eigenvalue weighted by Gasteiger charge is 2.28. The maximum absolute atomic E-state index is 15.9. The van der Waals surface area contributed by atoms with Crippen molar-refractivity contribution >= 4 is 22.7 Å². The van der Waals surface area contributed by atoms with Crippen LogP contribution < -0.4 is 16.2 Å². The Balaban J connectivity index is 1.68. The maximum Gasteiger partial charge on any atom is 0.278 e. The Kier molecular flexibility index (Phi) is 5.90. The maximum atomic E-state index is 15.9. The van der Waals surface area contributed by atoms with Gasteiger partial charge in [-0.3, -0.25) is 4.79 Å². The number of hydrogen-bond acceptors (Lipinski definition) is 5. The number of nitrogens with one attached hydrogen (secondary N) is 2. The van der Waals surface area contributed by atoms with Crippen LogP contribution in [0.3, 0.4) is 0 Å². The monoisotopic (exact) mass is 492 g/mol. The molecule has 36 heavy (non-hydrogen) atoms. The summed E-state index contributed by atoms with van der Waals surface area (Å²) in [5.74, 6) is -1.07. The molecule has 5 rings (SSSR count). The van der Waals surface area contributed by atoms with Crippen LogP contribution in [0, 0.1) is 11.6 Å².